The van der Waals surface area contributed by atoms with E-state index in [1.807, 2.05) is 0 Å². The van der Waals surface area contributed by atoms with Gasteiger partial charge in [-0.05, 0) is 61.9 Å². The molecule has 1 saturated heterocycles. The molecule has 1 aliphatic rings. The topological polar surface area (TPSA) is 113 Å². The summed E-state index contributed by atoms with van der Waals surface area (Å²) >= 11 is 6.36. The molecule has 3 aromatic rings. The molecule has 1 aliphatic heterocycles. The molecular formula is C26H28ClN3O6S2. The summed E-state index contributed by atoms with van der Waals surface area (Å²) in [5, 5.41) is 2.72. The second kappa shape index (κ2) is 11.4. The van der Waals surface area contributed by atoms with Crippen LogP contribution >= 0.6 is 11.6 Å². The molecule has 0 spiro atoms. The van der Waals surface area contributed by atoms with Gasteiger partial charge in [-0.15, -0.1) is 0 Å². The summed E-state index contributed by atoms with van der Waals surface area (Å²) in [6, 6.07) is 17.2. The van der Waals surface area contributed by atoms with E-state index in [0.29, 0.717) is 24.5 Å². The lowest BCUT2D eigenvalue weighted by Crippen LogP contribution is -2.40. The molecule has 0 aromatic heterocycles. The fourth-order valence-electron chi connectivity index (χ4n) is 4.18. The minimum atomic E-state index is -4.02. The number of rotatable bonds is 8. The molecule has 0 unspecified atom stereocenters. The average Bonchev–Trinajstić information content (AvgIpc) is 2.90. The van der Waals surface area contributed by atoms with E-state index >= 15 is 0 Å². The Morgan fingerprint density at radius 2 is 1.68 bits per heavy atom. The van der Waals surface area contributed by atoms with E-state index in [9.17, 15) is 21.6 Å². The van der Waals surface area contributed by atoms with Crippen molar-refractivity contribution in [2.24, 2.45) is 0 Å². The van der Waals surface area contributed by atoms with Crippen molar-refractivity contribution in [3.63, 3.8) is 0 Å². The zero-order chi connectivity index (χ0) is 27.5. The summed E-state index contributed by atoms with van der Waals surface area (Å²) in [6.45, 7) is 4.62. The first-order valence-electron chi connectivity index (χ1n) is 11.9. The number of nitrogens with zero attached hydrogens (tertiary/aromatic N) is 2. The molecule has 9 nitrogen and oxygen atoms in total. The summed E-state index contributed by atoms with van der Waals surface area (Å²) in [4.78, 5) is 13.2. The Labute approximate surface area is 228 Å². The van der Waals surface area contributed by atoms with Crippen molar-refractivity contribution in [2.75, 3.05) is 42.5 Å². The molecule has 3 aromatic carbocycles. The maximum atomic E-state index is 13.6. The van der Waals surface area contributed by atoms with Crippen LogP contribution in [-0.2, 0) is 24.8 Å². The van der Waals surface area contributed by atoms with Crippen molar-refractivity contribution in [1.82, 2.24) is 4.31 Å². The number of carbonyl (C=O) groups excluding carboxylic acids is 1. The number of hydrogen-bond acceptors (Lipinski definition) is 6. The highest BCUT2D eigenvalue weighted by Gasteiger charge is 2.29. The third-order valence-electron chi connectivity index (χ3n) is 6.11. The Morgan fingerprint density at radius 3 is 2.34 bits per heavy atom. The lowest BCUT2D eigenvalue weighted by Gasteiger charge is -2.26. The number of halogens is 1. The SMILES string of the molecule is CCN(c1ccccc1)S(=O)(=O)c1cc(C(=O)Nc2cccc(S(=O)(=O)N3CCOCC3)c2)c(Cl)cc1C. The molecule has 0 bridgehead atoms. The van der Waals surface area contributed by atoms with Crippen molar-refractivity contribution in [3.8, 4) is 0 Å². The standard InChI is InChI=1S/C26H28ClN3O6S2/c1-3-30(21-9-5-4-6-10-21)38(34,35)25-18-23(24(27)16-19(25)2)26(31)28-20-8-7-11-22(17-20)37(32,33)29-12-14-36-15-13-29/h4-11,16-18H,3,12-15H2,1-2H3,(H,28,31). The molecule has 0 saturated carbocycles. The van der Waals surface area contributed by atoms with Crippen LogP contribution in [0, 0.1) is 6.92 Å². The first kappa shape index (κ1) is 28.1. The third-order valence-corrected chi connectivity index (χ3v) is 10.4. The normalized spacial score (nSPS) is 14.7. The minimum absolute atomic E-state index is 0.0249. The summed E-state index contributed by atoms with van der Waals surface area (Å²) in [7, 11) is -7.79. The molecule has 1 N–H and O–H groups in total. The number of morpholine rings is 1. The molecule has 202 valence electrons. The third kappa shape index (κ3) is 5.71. The van der Waals surface area contributed by atoms with E-state index in [1.165, 1.54) is 38.9 Å². The van der Waals surface area contributed by atoms with E-state index in [4.69, 9.17) is 16.3 Å². The second-order valence-corrected chi connectivity index (χ2v) is 12.8. The number of benzene rings is 3. The molecule has 12 heteroatoms. The van der Waals surface area contributed by atoms with Gasteiger partial charge in [-0.1, -0.05) is 35.9 Å². The highest BCUT2D eigenvalue weighted by molar-refractivity contribution is 7.93. The van der Waals surface area contributed by atoms with Gasteiger partial charge in [-0.25, -0.2) is 16.8 Å². The van der Waals surface area contributed by atoms with Crippen molar-refractivity contribution in [2.45, 2.75) is 23.6 Å². The number of aryl methyl sites for hydroxylation is 1. The minimum Gasteiger partial charge on any atom is -0.379 e. The molecule has 1 heterocycles. The number of hydrogen-bond donors (Lipinski definition) is 1. The monoisotopic (exact) mass is 577 g/mol. The largest absolute Gasteiger partial charge is 0.379 e. The van der Waals surface area contributed by atoms with E-state index in [-0.39, 0.29) is 45.7 Å². The first-order valence-corrected chi connectivity index (χ1v) is 15.2. The maximum absolute atomic E-state index is 13.6. The highest BCUT2D eigenvalue weighted by Crippen LogP contribution is 2.30. The van der Waals surface area contributed by atoms with E-state index < -0.39 is 26.0 Å². The van der Waals surface area contributed by atoms with E-state index in [0.717, 1.165) is 0 Å². The zero-order valence-electron chi connectivity index (χ0n) is 20.9. The van der Waals surface area contributed by atoms with Gasteiger partial charge in [0.15, 0.2) is 0 Å². The number of para-hydroxylation sites is 1. The lowest BCUT2D eigenvalue weighted by atomic mass is 10.1. The number of amides is 1. The zero-order valence-corrected chi connectivity index (χ0v) is 23.3. The molecule has 1 fully saturated rings. The van der Waals surface area contributed by atoms with Crippen LogP contribution in [0.5, 0.6) is 0 Å². The van der Waals surface area contributed by atoms with Crippen LogP contribution in [-0.4, -0.2) is 59.9 Å². The molecule has 0 aliphatic carbocycles. The summed E-state index contributed by atoms with van der Waals surface area (Å²) in [5.41, 5.74) is 1.06. The molecule has 1 amide bonds. The highest BCUT2D eigenvalue weighted by atomic mass is 35.5. The fourth-order valence-corrected chi connectivity index (χ4v) is 7.65. The van der Waals surface area contributed by atoms with Crippen molar-refractivity contribution < 1.29 is 26.4 Å². The van der Waals surface area contributed by atoms with Crippen molar-refractivity contribution >= 4 is 48.9 Å². The number of sulfonamides is 2. The fraction of sp³-hybridized carbons (Fsp3) is 0.269. The van der Waals surface area contributed by atoms with Crippen LogP contribution in [0.4, 0.5) is 11.4 Å². The van der Waals surface area contributed by atoms with Gasteiger partial charge in [0.05, 0.1) is 39.3 Å². The van der Waals surface area contributed by atoms with Gasteiger partial charge in [-0.2, -0.15) is 4.31 Å². The van der Waals surface area contributed by atoms with Crippen LogP contribution in [0.3, 0.4) is 0 Å². The van der Waals surface area contributed by atoms with Gasteiger partial charge >= 0.3 is 0 Å². The Hall–Kier alpha value is -2.96. The predicted molar refractivity (Wildman–Crippen MR) is 147 cm³/mol. The molecule has 0 radical (unpaired) electrons. The molecular weight excluding hydrogens is 550 g/mol. The Bertz CT molecular complexity index is 1540. The van der Waals surface area contributed by atoms with Gasteiger partial charge in [-0.3, -0.25) is 9.10 Å². The smallest absolute Gasteiger partial charge is 0.264 e. The number of carbonyl (C=O) groups is 1. The van der Waals surface area contributed by atoms with Crippen LogP contribution < -0.4 is 9.62 Å². The Morgan fingerprint density at radius 1 is 1.00 bits per heavy atom. The van der Waals surface area contributed by atoms with Crippen LogP contribution in [0.2, 0.25) is 5.02 Å². The van der Waals surface area contributed by atoms with Crippen LogP contribution in [0.1, 0.15) is 22.8 Å². The summed E-state index contributed by atoms with van der Waals surface area (Å²) in [5.74, 6) is -0.671. The summed E-state index contributed by atoms with van der Waals surface area (Å²) in [6.07, 6.45) is 0. The van der Waals surface area contributed by atoms with Gasteiger partial charge in [0, 0.05) is 25.3 Å². The molecule has 0 atom stereocenters. The van der Waals surface area contributed by atoms with Gasteiger partial charge in [0.1, 0.15) is 0 Å². The first-order chi connectivity index (χ1) is 18.1. The Kier molecular flexibility index (Phi) is 8.43. The number of nitrogens with one attached hydrogen (secondary N) is 1. The Balaban J connectivity index is 1.64. The second-order valence-electron chi connectivity index (χ2n) is 8.60. The quantitative estimate of drug-likeness (QED) is 0.430. The van der Waals surface area contributed by atoms with Crippen molar-refractivity contribution in [3.05, 3.63) is 82.9 Å². The summed E-state index contributed by atoms with van der Waals surface area (Å²) < 4.78 is 61.1. The number of ether oxygens (including phenoxy) is 1. The number of anilines is 2. The molecule has 4 rings (SSSR count). The van der Waals surface area contributed by atoms with Crippen LogP contribution in [0.25, 0.3) is 0 Å². The van der Waals surface area contributed by atoms with E-state index in [2.05, 4.69) is 5.32 Å². The predicted octanol–water partition coefficient (Wildman–Crippen LogP) is 4.14. The van der Waals surface area contributed by atoms with Gasteiger partial charge < -0.3 is 10.1 Å². The average molecular weight is 578 g/mol. The maximum Gasteiger partial charge on any atom is 0.264 e. The van der Waals surface area contributed by atoms with Gasteiger partial charge in [0.25, 0.3) is 15.9 Å². The van der Waals surface area contributed by atoms with Gasteiger partial charge in [0.2, 0.25) is 10.0 Å². The molecule has 38 heavy (non-hydrogen) atoms. The van der Waals surface area contributed by atoms with Crippen molar-refractivity contribution in [1.29, 1.82) is 0 Å². The lowest BCUT2D eigenvalue weighted by molar-refractivity contribution is 0.0730. The van der Waals surface area contributed by atoms with E-state index in [1.54, 1.807) is 50.2 Å². The van der Waals surface area contributed by atoms with Crippen LogP contribution in [0.15, 0.2) is 76.5 Å².